The number of rotatable bonds is 2. The second kappa shape index (κ2) is 8.27. The van der Waals surface area contributed by atoms with E-state index in [-0.39, 0.29) is 0 Å². The van der Waals surface area contributed by atoms with Gasteiger partial charge in [0.25, 0.3) is 0 Å². The number of benzene rings is 4. The highest BCUT2D eigenvalue weighted by Crippen LogP contribution is 2.28. The second-order valence-electron chi connectivity index (χ2n) is 9.56. The van der Waals surface area contributed by atoms with Crippen LogP contribution in [-0.2, 0) is 0 Å². The molecular weight excluding hydrogens is 406 g/mol. The molecule has 5 aromatic rings. The lowest BCUT2D eigenvalue weighted by Gasteiger charge is -2.24. The number of hydrogen-bond acceptors (Lipinski definition) is 3. The van der Waals surface area contributed by atoms with E-state index in [0.29, 0.717) is 0 Å². The second-order valence-corrected chi connectivity index (χ2v) is 9.56. The van der Waals surface area contributed by atoms with Crippen molar-refractivity contribution in [2.45, 2.75) is 6.92 Å². The minimum Gasteiger partial charge on any atom is -0.213 e. The van der Waals surface area contributed by atoms with Gasteiger partial charge in [-0.25, -0.2) is 15.0 Å². The predicted octanol–water partition coefficient (Wildman–Crippen LogP) is -6.37. The van der Waals surface area contributed by atoms with Crippen molar-refractivity contribution in [1.82, 2.24) is 15.0 Å². The number of nitrogens with zero attached hydrogens (tertiary/aromatic N) is 3. The standard InChI is InChI=1S/C24H24B7N3/c1-9-32-23(12-8-4-6-10-5-2-3-7-11(10)12)34-24(33-9)15-13-14(17(26)20(29)19(15)28)18(27)22(31)21(30)16(13)25/h2-8H,25-31H2,1H3. The molecule has 0 aliphatic rings. The normalized spacial score (nSPS) is 11.3. The van der Waals surface area contributed by atoms with Crippen LogP contribution in [-0.4, -0.2) is 69.9 Å². The Kier molecular flexibility index (Phi) is 5.51. The van der Waals surface area contributed by atoms with E-state index in [0.717, 1.165) is 34.0 Å². The zero-order valence-corrected chi connectivity index (χ0v) is 21.4. The molecule has 0 N–H and O–H groups in total. The molecule has 34 heavy (non-hydrogen) atoms. The molecule has 0 radical (unpaired) electrons. The fourth-order valence-corrected chi connectivity index (χ4v) is 5.35. The highest BCUT2D eigenvalue weighted by molar-refractivity contribution is 6.71. The number of aromatic nitrogens is 3. The predicted molar refractivity (Wildman–Crippen MR) is 168 cm³/mol. The van der Waals surface area contributed by atoms with E-state index in [1.54, 1.807) is 0 Å². The summed E-state index contributed by atoms with van der Waals surface area (Å²) < 4.78 is 0. The average molecular weight is 430 g/mol. The van der Waals surface area contributed by atoms with Crippen molar-refractivity contribution >= 4 is 115 Å². The molecule has 1 heterocycles. The first kappa shape index (κ1) is 22.6. The van der Waals surface area contributed by atoms with Crippen LogP contribution in [0.2, 0.25) is 0 Å². The lowest BCUT2D eigenvalue weighted by Crippen LogP contribution is -2.52. The zero-order valence-electron chi connectivity index (χ0n) is 21.4. The van der Waals surface area contributed by atoms with Gasteiger partial charge < -0.3 is 0 Å². The molecule has 0 spiro atoms. The lowest BCUT2D eigenvalue weighted by molar-refractivity contribution is 0.996. The molecular formula is C24H24B7N3. The van der Waals surface area contributed by atoms with E-state index in [4.69, 9.17) is 15.0 Å². The summed E-state index contributed by atoms with van der Waals surface area (Å²) in [6, 6.07) is 14.7. The van der Waals surface area contributed by atoms with Crippen molar-refractivity contribution in [3.05, 3.63) is 48.3 Å². The summed E-state index contributed by atoms with van der Waals surface area (Å²) in [6.07, 6.45) is 0. The Labute approximate surface area is 207 Å². The highest BCUT2D eigenvalue weighted by Gasteiger charge is 2.21. The molecule has 0 unspecified atom stereocenters. The van der Waals surface area contributed by atoms with Crippen molar-refractivity contribution in [2.75, 3.05) is 0 Å². The van der Waals surface area contributed by atoms with Gasteiger partial charge in [0, 0.05) is 11.1 Å². The maximum absolute atomic E-state index is 5.11. The monoisotopic (exact) mass is 431 g/mol. The van der Waals surface area contributed by atoms with Crippen LogP contribution in [0.5, 0.6) is 0 Å². The lowest BCUT2D eigenvalue weighted by atomic mass is 9.59. The molecule has 0 bridgehead atoms. The van der Waals surface area contributed by atoms with Crippen LogP contribution < -0.4 is 38.2 Å². The molecule has 0 amide bonds. The largest absolute Gasteiger partial charge is 0.213 e. The highest BCUT2D eigenvalue weighted by atomic mass is 15.0. The van der Waals surface area contributed by atoms with Gasteiger partial charge in [0.05, 0.1) is 0 Å². The summed E-state index contributed by atoms with van der Waals surface area (Å²) in [5.41, 5.74) is 11.4. The molecule has 0 aliphatic heterocycles. The van der Waals surface area contributed by atoms with E-state index in [1.807, 2.05) is 6.92 Å². The molecule has 0 aliphatic carbocycles. The van der Waals surface area contributed by atoms with Gasteiger partial charge >= 0.3 is 0 Å². The van der Waals surface area contributed by atoms with Gasteiger partial charge in [-0.15, -0.1) is 16.4 Å². The fourth-order valence-electron chi connectivity index (χ4n) is 5.35. The SMILES string of the molecule is Bc1c(B)c(B)c2c(-c3nc(C)nc(-c4cccc5ccccc45)n3)c(B)c(B)c(B)c2c1B. The molecule has 0 fully saturated rings. The molecule has 0 saturated carbocycles. The molecule has 1 aromatic heterocycles. The van der Waals surface area contributed by atoms with E-state index in [2.05, 4.69) is 97.4 Å². The Bertz CT molecular complexity index is 1640. The van der Waals surface area contributed by atoms with E-state index >= 15 is 0 Å². The molecule has 3 nitrogen and oxygen atoms in total. The van der Waals surface area contributed by atoms with Crippen LogP contribution >= 0.6 is 0 Å². The average Bonchev–Trinajstić information content (AvgIpc) is 2.83. The summed E-state index contributed by atoms with van der Waals surface area (Å²) in [4.78, 5) is 14.8. The summed E-state index contributed by atoms with van der Waals surface area (Å²) in [7, 11) is 15.6. The Hall–Kier alpha value is -3.14. The van der Waals surface area contributed by atoms with Gasteiger partial charge in [0.1, 0.15) is 60.7 Å². The third kappa shape index (κ3) is 3.34. The summed E-state index contributed by atoms with van der Waals surface area (Å²) >= 11 is 0. The molecule has 0 atom stereocenters. The fraction of sp³-hybridized carbons (Fsp3) is 0.0417. The van der Waals surface area contributed by atoms with Crippen LogP contribution in [0.25, 0.3) is 44.3 Å². The first-order chi connectivity index (χ1) is 16.2. The summed E-state index contributed by atoms with van der Waals surface area (Å²) in [6.45, 7) is 1.96. The van der Waals surface area contributed by atoms with Gasteiger partial charge in [0.2, 0.25) is 0 Å². The Balaban J connectivity index is 1.90. The smallest absolute Gasteiger partial charge is 0.164 e. The van der Waals surface area contributed by atoms with Crippen LogP contribution in [0.3, 0.4) is 0 Å². The van der Waals surface area contributed by atoms with Crippen molar-refractivity contribution < 1.29 is 0 Å². The Morgan fingerprint density at radius 1 is 0.529 bits per heavy atom. The topological polar surface area (TPSA) is 38.7 Å². The zero-order chi connectivity index (χ0) is 24.3. The van der Waals surface area contributed by atoms with E-state index in [1.165, 1.54) is 54.4 Å². The van der Waals surface area contributed by atoms with Crippen LogP contribution in [0.4, 0.5) is 0 Å². The van der Waals surface area contributed by atoms with Crippen LogP contribution in [0.15, 0.2) is 42.5 Å². The first-order valence-corrected chi connectivity index (χ1v) is 11.9. The van der Waals surface area contributed by atoms with Crippen LogP contribution in [0, 0.1) is 6.92 Å². The summed E-state index contributed by atoms with van der Waals surface area (Å²) in [5, 5.41) is 4.95. The first-order valence-electron chi connectivity index (χ1n) is 11.9. The van der Waals surface area contributed by atoms with Crippen molar-refractivity contribution in [2.24, 2.45) is 0 Å². The Morgan fingerprint density at radius 2 is 1.09 bits per heavy atom. The third-order valence-electron chi connectivity index (χ3n) is 7.81. The van der Waals surface area contributed by atoms with Gasteiger partial charge in [0.15, 0.2) is 11.6 Å². The quantitative estimate of drug-likeness (QED) is 0.262. The van der Waals surface area contributed by atoms with Crippen LogP contribution in [0.1, 0.15) is 5.82 Å². The third-order valence-corrected chi connectivity index (χ3v) is 7.81. The number of hydrogen-bond donors (Lipinski definition) is 0. The van der Waals surface area contributed by atoms with Crippen molar-refractivity contribution in [3.8, 4) is 22.8 Å². The molecule has 0 saturated heterocycles. The van der Waals surface area contributed by atoms with E-state index < -0.39 is 0 Å². The van der Waals surface area contributed by atoms with Gasteiger partial charge in [-0.05, 0) is 28.5 Å². The molecule has 10 heteroatoms. The minimum atomic E-state index is 0.725. The van der Waals surface area contributed by atoms with Gasteiger partial charge in [-0.3, -0.25) is 0 Å². The van der Waals surface area contributed by atoms with Gasteiger partial charge in [-0.2, -0.15) is 0 Å². The van der Waals surface area contributed by atoms with Gasteiger partial charge in [-0.1, -0.05) is 64.3 Å². The molecule has 156 valence electrons. The number of fused-ring (bicyclic) bond motifs is 2. The summed E-state index contributed by atoms with van der Waals surface area (Å²) in [5.74, 6) is 2.21. The molecule has 4 aromatic carbocycles. The maximum Gasteiger partial charge on any atom is 0.164 e. The molecule has 5 rings (SSSR count). The van der Waals surface area contributed by atoms with Crippen molar-refractivity contribution in [3.63, 3.8) is 0 Å². The number of aryl methyl sites for hydroxylation is 1. The maximum atomic E-state index is 5.11. The minimum absolute atomic E-state index is 0.725. The van der Waals surface area contributed by atoms with E-state index in [9.17, 15) is 0 Å². The Morgan fingerprint density at radius 3 is 1.79 bits per heavy atom. The van der Waals surface area contributed by atoms with Crippen molar-refractivity contribution in [1.29, 1.82) is 0 Å².